The highest BCUT2D eigenvalue weighted by Crippen LogP contribution is 2.66. The number of benzene rings is 11. The van der Waals surface area contributed by atoms with Crippen LogP contribution in [-0.4, -0.2) is 8.07 Å². The number of hydrogen-bond acceptors (Lipinski definition) is 0. The third-order valence-corrected chi connectivity index (χ3v) is 22.4. The van der Waals surface area contributed by atoms with Crippen molar-refractivity contribution < 1.29 is 0 Å². The van der Waals surface area contributed by atoms with Crippen LogP contribution in [0.5, 0.6) is 0 Å². The first kappa shape index (κ1) is 41.7. The van der Waals surface area contributed by atoms with Crippen LogP contribution in [-0.2, 0) is 10.8 Å². The molecule has 0 saturated heterocycles. The first-order chi connectivity index (χ1) is 36.6. The van der Waals surface area contributed by atoms with Crippen LogP contribution in [0.4, 0.5) is 0 Å². The van der Waals surface area contributed by atoms with E-state index in [1.807, 2.05) is 0 Å². The number of fused-ring (bicyclic) bond motifs is 20. The fourth-order valence-electron chi connectivity index (χ4n) is 15.1. The molecule has 0 saturated carbocycles. The van der Waals surface area contributed by atoms with E-state index in [1.54, 1.807) is 0 Å². The minimum atomic E-state index is -3.05. The number of rotatable bonds is 5. The van der Waals surface area contributed by atoms with Crippen molar-refractivity contribution >= 4 is 34.8 Å². The first-order valence-electron chi connectivity index (χ1n) is 26.2. The Morgan fingerprint density at radius 3 is 0.797 bits per heavy atom. The van der Waals surface area contributed by atoms with Crippen molar-refractivity contribution in [3.63, 3.8) is 0 Å². The van der Waals surface area contributed by atoms with Gasteiger partial charge in [0.25, 0.3) is 0 Å². The predicted octanol–water partition coefficient (Wildman–Crippen LogP) is 17.0. The Morgan fingerprint density at radius 2 is 0.486 bits per heavy atom. The molecule has 0 aromatic heterocycles. The number of allylic oxidation sites excluding steroid dienone is 2. The van der Waals surface area contributed by atoms with Crippen molar-refractivity contribution in [2.75, 3.05) is 0 Å². The van der Waals surface area contributed by atoms with Crippen molar-refractivity contribution in [2.24, 2.45) is 0 Å². The quantitative estimate of drug-likeness (QED) is 0.151. The Bertz CT molecular complexity index is 3870. The molecular weight excluding hydrogens is 905 g/mol. The van der Waals surface area contributed by atoms with Gasteiger partial charge >= 0.3 is 0 Å². The smallest absolute Gasteiger partial charge is 0.0624 e. The predicted molar refractivity (Wildman–Crippen MR) is 310 cm³/mol. The largest absolute Gasteiger partial charge is 0.148 e. The highest BCUT2D eigenvalue weighted by molar-refractivity contribution is 7.21. The van der Waals surface area contributed by atoms with Crippen molar-refractivity contribution in [3.8, 4) is 44.5 Å². The molecule has 0 amide bonds. The lowest BCUT2D eigenvalue weighted by atomic mass is 9.70. The standard InChI is InChI=1S/C73H48Si/c1-74(51-27-9-4-10-28-51)70(49-41-43-58-56-33-15-21-39-64(56)72(66(58)45-49)60-35-17-11-29-52(60)53-30-12-18-36-61(53)72)68(47-23-5-2-6-24-47)69(48-25-7-3-8-26-48)71(74)50-42-44-59-57-34-16-22-40-65(57)73(67(59)46-50)62-37-19-13-31-54(62)55-32-14-20-38-63(55)73/h2-46H,1H3. The fraction of sp³-hybridized carbons (Fsp3) is 0.0411. The third kappa shape index (κ3) is 5.17. The molecule has 4 aliphatic carbocycles. The topological polar surface area (TPSA) is 0 Å². The summed E-state index contributed by atoms with van der Waals surface area (Å²) in [6.45, 7) is 2.67. The molecule has 5 aliphatic rings. The average molecular weight is 953 g/mol. The maximum absolute atomic E-state index is 3.05. The molecule has 0 radical (unpaired) electrons. The van der Waals surface area contributed by atoms with Crippen LogP contribution >= 0.6 is 0 Å². The lowest BCUT2D eigenvalue weighted by Crippen LogP contribution is -2.46. The SMILES string of the molecule is C[Si]1(c2ccccc2)C(c2ccc3c(c2)C2(c4ccccc4-c4ccccc42)c2ccccc2-3)=C(c2ccccc2)C(c2ccccc2)=C1c1ccc2c(c1)C1(c3ccccc3-c3ccccc31)c1ccccc1-2. The molecule has 2 spiro atoms. The lowest BCUT2D eigenvalue weighted by molar-refractivity contribution is 0.793. The normalized spacial score (nSPS) is 15.9. The van der Waals surface area contributed by atoms with Gasteiger partial charge in [-0.15, -0.1) is 0 Å². The van der Waals surface area contributed by atoms with E-state index in [4.69, 9.17) is 0 Å². The Hall–Kier alpha value is -8.88. The fourth-order valence-corrected chi connectivity index (χ4v) is 19.8. The van der Waals surface area contributed by atoms with Crippen molar-refractivity contribution in [1.82, 2.24) is 0 Å². The van der Waals surface area contributed by atoms with Crippen molar-refractivity contribution in [2.45, 2.75) is 17.4 Å². The molecule has 0 bridgehead atoms. The molecule has 1 heteroatoms. The minimum absolute atomic E-state index is 0.471. The highest BCUT2D eigenvalue weighted by atomic mass is 28.3. The Kier molecular flexibility index (Phi) is 8.63. The van der Waals surface area contributed by atoms with Crippen LogP contribution in [0.3, 0.4) is 0 Å². The Morgan fingerprint density at radius 1 is 0.230 bits per heavy atom. The van der Waals surface area contributed by atoms with E-state index in [0.29, 0.717) is 0 Å². The van der Waals surface area contributed by atoms with Gasteiger partial charge in [0.05, 0.1) is 10.8 Å². The van der Waals surface area contributed by atoms with Gasteiger partial charge in [-0.3, -0.25) is 0 Å². The van der Waals surface area contributed by atoms with Crippen LogP contribution in [0.15, 0.2) is 273 Å². The maximum Gasteiger partial charge on any atom is 0.148 e. The zero-order valence-corrected chi connectivity index (χ0v) is 42.0. The van der Waals surface area contributed by atoms with Gasteiger partial charge in [-0.25, -0.2) is 0 Å². The molecule has 74 heavy (non-hydrogen) atoms. The van der Waals surface area contributed by atoms with Gasteiger partial charge in [0.15, 0.2) is 0 Å². The first-order valence-corrected chi connectivity index (χ1v) is 28.7. The van der Waals surface area contributed by atoms with Crippen molar-refractivity contribution in [1.29, 1.82) is 0 Å². The molecule has 0 atom stereocenters. The second-order valence-corrected chi connectivity index (χ2v) is 24.8. The Balaban J connectivity index is 1.02. The summed E-state index contributed by atoms with van der Waals surface area (Å²) in [6.07, 6.45) is 0. The molecule has 11 aromatic rings. The van der Waals surface area contributed by atoms with Crippen molar-refractivity contribution in [3.05, 3.63) is 340 Å². The summed E-state index contributed by atoms with van der Waals surface area (Å²) in [6, 6.07) is 105. The van der Waals surface area contributed by atoms with Gasteiger partial charge in [0, 0.05) is 0 Å². The van der Waals surface area contributed by atoms with E-state index in [1.165, 1.54) is 138 Å². The monoisotopic (exact) mass is 952 g/mol. The number of hydrogen-bond donors (Lipinski definition) is 0. The van der Waals surface area contributed by atoms with E-state index in [-0.39, 0.29) is 0 Å². The van der Waals surface area contributed by atoms with Gasteiger partial charge in [0.1, 0.15) is 8.07 Å². The summed E-state index contributed by atoms with van der Waals surface area (Å²) in [5, 5.41) is 4.30. The summed E-state index contributed by atoms with van der Waals surface area (Å²) in [7, 11) is -3.05. The van der Waals surface area contributed by atoms with E-state index < -0.39 is 18.9 Å². The third-order valence-electron chi connectivity index (χ3n) is 17.8. The highest BCUT2D eigenvalue weighted by Gasteiger charge is 2.55. The van der Waals surface area contributed by atoms with Gasteiger partial charge in [-0.2, -0.15) is 0 Å². The van der Waals surface area contributed by atoms with Crippen LogP contribution in [0, 0.1) is 0 Å². The van der Waals surface area contributed by atoms with Gasteiger partial charge in [-0.1, -0.05) is 267 Å². The molecule has 0 nitrogen and oxygen atoms in total. The average Bonchev–Trinajstić information content (AvgIpc) is 4.31. The second-order valence-electron chi connectivity index (χ2n) is 21.0. The molecule has 0 N–H and O–H groups in total. The Labute approximate surface area is 434 Å². The van der Waals surface area contributed by atoms with E-state index in [9.17, 15) is 0 Å². The molecule has 344 valence electrons. The van der Waals surface area contributed by atoms with Gasteiger partial charge in [0.2, 0.25) is 0 Å². The molecule has 11 aromatic carbocycles. The molecular formula is C73H48Si. The zero-order valence-electron chi connectivity index (χ0n) is 41.0. The maximum atomic E-state index is 2.67. The van der Waals surface area contributed by atoms with Gasteiger partial charge in [-0.05, 0) is 150 Å². The molecule has 16 rings (SSSR count). The second kappa shape index (κ2) is 15.3. The van der Waals surface area contributed by atoms with Crippen LogP contribution in [0.25, 0.3) is 66.0 Å². The minimum Gasteiger partial charge on any atom is -0.0624 e. The molecule has 0 unspecified atom stereocenters. The summed E-state index contributed by atoms with van der Waals surface area (Å²) in [5.74, 6) is 0. The van der Waals surface area contributed by atoms with Gasteiger partial charge < -0.3 is 0 Å². The molecule has 1 heterocycles. The van der Waals surface area contributed by atoms with E-state index in [2.05, 4.69) is 280 Å². The van der Waals surface area contributed by atoms with E-state index in [0.717, 1.165) is 0 Å². The van der Waals surface area contributed by atoms with Crippen LogP contribution in [0.1, 0.15) is 66.8 Å². The lowest BCUT2D eigenvalue weighted by Gasteiger charge is -2.34. The van der Waals surface area contributed by atoms with E-state index >= 15 is 0 Å². The molecule has 0 fully saturated rings. The summed E-state index contributed by atoms with van der Waals surface area (Å²) in [4.78, 5) is 0. The summed E-state index contributed by atoms with van der Waals surface area (Å²) >= 11 is 0. The molecule has 1 aliphatic heterocycles. The summed E-state index contributed by atoms with van der Waals surface area (Å²) in [5.41, 5.74) is 28.3. The van der Waals surface area contributed by atoms with Crippen LogP contribution in [0.2, 0.25) is 6.55 Å². The van der Waals surface area contributed by atoms with Crippen LogP contribution < -0.4 is 5.19 Å². The summed E-state index contributed by atoms with van der Waals surface area (Å²) < 4.78 is 0. The zero-order chi connectivity index (χ0) is 48.8.